The van der Waals surface area contributed by atoms with Crippen LogP contribution >= 0.6 is 0 Å². The molecule has 0 bridgehead atoms. The van der Waals surface area contributed by atoms with Gasteiger partial charge >= 0.3 is 0 Å². The van der Waals surface area contributed by atoms with Crippen molar-refractivity contribution in [1.82, 2.24) is 5.32 Å². The van der Waals surface area contributed by atoms with E-state index in [0.717, 1.165) is 5.92 Å². The molecule has 0 saturated heterocycles. The van der Waals surface area contributed by atoms with Crippen LogP contribution in [0.3, 0.4) is 0 Å². The summed E-state index contributed by atoms with van der Waals surface area (Å²) >= 11 is 0. The summed E-state index contributed by atoms with van der Waals surface area (Å²) in [6.45, 7) is 10.4. The lowest BCUT2D eigenvalue weighted by Crippen LogP contribution is -2.27. The summed E-state index contributed by atoms with van der Waals surface area (Å²) in [5.41, 5.74) is 1.23. The van der Waals surface area contributed by atoms with Crippen LogP contribution in [0, 0.1) is 5.92 Å². The highest BCUT2D eigenvalue weighted by molar-refractivity contribution is 5.00. The van der Waals surface area contributed by atoms with Crippen molar-refractivity contribution in [2.75, 3.05) is 7.05 Å². The zero-order valence-corrected chi connectivity index (χ0v) is 7.57. The van der Waals surface area contributed by atoms with E-state index < -0.39 is 0 Å². The van der Waals surface area contributed by atoms with E-state index in [1.165, 1.54) is 12.0 Å². The van der Waals surface area contributed by atoms with E-state index in [1.807, 2.05) is 7.05 Å². The molecule has 0 spiro atoms. The Balaban J connectivity index is 3.72. The third-order valence-electron chi connectivity index (χ3n) is 1.65. The quantitative estimate of drug-likeness (QED) is 0.592. The van der Waals surface area contributed by atoms with Crippen molar-refractivity contribution >= 4 is 0 Å². The predicted molar refractivity (Wildman–Crippen MR) is 47.1 cm³/mol. The van der Waals surface area contributed by atoms with Gasteiger partial charge < -0.3 is 5.32 Å². The summed E-state index contributed by atoms with van der Waals surface area (Å²) in [6, 6.07) is 0.500. The van der Waals surface area contributed by atoms with Crippen molar-refractivity contribution in [2.24, 2.45) is 5.92 Å². The van der Waals surface area contributed by atoms with Gasteiger partial charge in [0.15, 0.2) is 0 Å². The first-order valence-electron chi connectivity index (χ1n) is 3.90. The maximum absolute atomic E-state index is 3.92. The lowest BCUT2D eigenvalue weighted by molar-refractivity contribution is 0.485. The predicted octanol–water partition coefficient (Wildman–Crippen LogP) is 2.20. The molecule has 0 radical (unpaired) electrons. The molecule has 1 N–H and O–H groups in total. The molecule has 0 aliphatic rings. The van der Waals surface area contributed by atoms with Gasteiger partial charge in [0.25, 0.3) is 0 Å². The Morgan fingerprint density at radius 2 is 2.00 bits per heavy atom. The molecule has 0 heterocycles. The minimum Gasteiger partial charge on any atom is -0.313 e. The first kappa shape index (κ1) is 9.70. The Kier molecular flexibility index (Phi) is 4.37. The molecule has 0 saturated carbocycles. The standard InChI is InChI=1S/C9H19N/c1-7(2)6-9(10-5)8(3)4/h7,9-10H,3,6H2,1-2,4-5H3/t9-/m1/s1. The third-order valence-corrected chi connectivity index (χ3v) is 1.65. The van der Waals surface area contributed by atoms with Crippen molar-refractivity contribution in [3.8, 4) is 0 Å². The molecule has 1 atom stereocenters. The van der Waals surface area contributed by atoms with Gasteiger partial charge in [0, 0.05) is 6.04 Å². The topological polar surface area (TPSA) is 12.0 Å². The SMILES string of the molecule is C=C(C)[C@@H](CC(C)C)NC. The van der Waals surface area contributed by atoms with E-state index in [1.54, 1.807) is 0 Å². The fraction of sp³-hybridized carbons (Fsp3) is 0.778. The van der Waals surface area contributed by atoms with Crippen molar-refractivity contribution in [2.45, 2.75) is 33.2 Å². The number of likely N-dealkylation sites (N-methyl/N-ethyl adjacent to an activating group) is 1. The van der Waals surface area contributed by atoms with Gasteiger partial charge in [0.2, 0.25) is 0 Å². The van der Waals surface area contributed by atoms with Crippen LogP contribution in [0.15, 0.2) is 12.2 Å². The Morgan fingerprint density at radius 1 is 1.50 bits per heavy atom. The highest BCUT2D eigenvalue weighted by Crippen LogP contribution is 2.09. The third kappa shape index (κ3) is 3.67. The summed E-state index contributed by atoms with van der Waals surface area (Å²) in [7, 11) is 1.99. The number of hydrogen-bond acceptors (Lipinski definition) is 1. The monoisotopic (exact) mass is 141 g/mol. The fourth-order valence-electron chi connectivity index (χ4n) is 1.04. The largest absolute Gasteiger partial charge is 0.313 e. The summed E-state index contributed by atoms with van der Waals surface area (Å²) in [5.74, 6) is 0.745. The molecule has 0 rings (SSSR count). The second kappa shape index (κ2) is 4.51. The molecule has 60 valence electrons. The van der Waals surface area contributed by atoms with E-state index >= 15 is 0 Å². The fourth-order valence-corrected chi connectivity index (χ4v) is 1.04. The Labute approximate surface area is 64.5 Å². The van der Waals surface area contributed by atoms with Crippen LogP contribution in [0.4, 0.5) is 0 Å². The van der Waals surface area contributed by atoms with Gasteiger partial charge in [-0.15, -0.1) is 0 Å². The zero-order valence-electron chi connectivity index (χ0n) is 7.57. The van der Waals surface area contributed by atoms with E-state index in [2.05, 4.69) is 32.7 Å². The lowest BCUT2D eigenvalue weighted by atomic mass is 9.99. The van der Waals surface area contributed by atoms with E-state index in [0.29, 0.717) is 6.04 Å². The second-order valence-corrected chi connectivity index (χ2v) is 3.32. The number of hydrogen-bond donors (Lipinski definition) is 1. The minimum atomic E-state index is 0.500. The average molecular weight is 141 g/mol. The molecule has 0 aromatic heterocycles. The first-order chi connectivity index (χ1) is 4.57. The molecule has 0 aliphatic heterocycles. The van der Waals surface area contributed by atoms with Crippen LogP contribution in [0.2, 0.25) is 0 Å². The average Bonchev–Trinajstić information content (AvgIpc) is 1.81. The van der Waals surface area contributed by atoms with E-state index in [-0.39, 0.29) is 0 Å². The van der Waals surface area contributed by atoms with Crippen molar-refractivity contribution in [3.05, 3.63) is 12.2 Å². The van der Waals surface area contributed by atoms with Gasteiger partial charge in [-0.1, -0.05) is 26.0 Å². The van der Waals surface area contributed by atoms with Crippen molar-refractivity contribution in [3.63, 3.8) is 0 Å². The molecular weight excluding hydrogens is 122 g/mol. The molecule has 0 unspecified atom stereocenters. The van der Waals surface area contributed by atoms with Gasteiger partial charge in [0.1, 0.15) is 0 Å². The molecule has 0 fully saturated rings. The summed E-state index contributed by atoms with van der Waals surface area (Å²) in [5, 5.41) is 3.23. The Morgan fingerprint density at radius 3 is 2.10 bits per heavy atom. The van der Waals surface area contributed by atoms with Gasteiger partial charge in [0.05, 0.1) is 0 Å². The van der Waals surface area contributed by atoms with Gasteiger partial charge in [-0.25, -0.2) is 0 Å². The van der Waals surface area contributed by atoms with Crippen LogP contribution < -0.4 is 5.32 Å². The van der Waals surface area contributed by atoms with Crippen LogP contribution in [0.25, 0.3) is 0 Å². The maximum atomic E-state index is 3.92. The van der Waals surface area contributed by atoms with Crippen LogP contribution in [0.1, 0.15) is 27.2 Å². The summed E-state index contributed by atoms with van der Waals surface area (Å²) < 4.78 is 0. The van der Waals surface area contributed by atoms with E-state index in [4.69, 9.17) is 0 Å². The van der Waals surface area contributed by atoms with Crippen LogP contribution in [0.5, 0.6) is 0 Å². The van der Waals surface area contributed by atoms with Gasteiger partial charge in [-0.05, 0) is 26.3 Å². The maximum Gasteiger partial charge on any atom is 0.0273 e. The Hall–Kier alpha value is -0.300. The number of nitrogens with one attached hydrogen (secondary N) is 1. The smallest absolute Gasteiger partial charge is 0.0273 e. The molecule has 0 aromatic rings. The first-order valence-corrected chi connectivity index (χ1v) is 3.90. The van der Waals surface area contributed by atoms with Crippen molar-refractivity contribution < 1.29 is 0 Å². The number of rotatable bonds is 4. The van der Waals surface area contributed by atoms with E-state index in [9.17, 15) is 0 Å². The zero-order chi connectivity index (χ0) is 8.15. The molecule has 10 heavy (non-hydrogen) atoms. The minimum absolute atomic E-state index is 0.500. The van der Waals surface area contributed by atoms with Gasteiger partial charge in [-0.3, -0.25) is 0 Å². The lowest BCUT2D eigenvalue weighted by Gasteiger charge is -2.17. The van der Waals surface area contributed by atoms with Crippen molar-refractivity contribution in [1.29, 1.82) is 0 Å². The van der Waals surface area contributed by atoms with Crippen LogP contribution in [-0.2, 0) is 0 Å². The summed E-state index contributed by atoms with van der Waals surface area (Å²) in [6.07, 6.45) is 1.19. The molecule has 0 amide bonds. The molecule has 1 nitrogen and oxygen atoms in total. The molecule has 0 aromatic carbocycles. The summed E-state index contributed by atoms with van der Waals surface area (Å²) in [4.78, 5) is 0. The molecular formula is C9H19N. The van der Waals surface area contributed by atoms with Crippen LogP contribution in [-0.4, -0.2) is 13.1 Å². The highest BCUT2D eigenvalue weighted by Gasteiger charge is 2.07. The molecule has 1 heteroatoms. The molecule has 0 aliphatic carbocycles. The second-order valence-electron chi connectivity index (χ2n) is 3.32. The highest BCUT2D eigenvalue weighted by atomic mass is 14.9. The normalized spacial score (nSPS) is 13.7. The van der Waals surface area contributed by atoms with Gasteiger partial charge in [-0.2, -0.15) is 0 Å². The Bertz CT molecular complexity index is 105.